The smallest absolute Gasteiger partial charge is 0.332 e. The average Bonchev–Trinajstić information content (AvgIpc) is 1.84. The molecule has 0 spiro atoms. The van der Waals surface area contributed by atoms with Crippen LogP contribution in [0.2, 0.25) is 0 Å². The first-order valence-electron chi connectivity index (χ1n) is 3.66. The zero-order chi connectivity index (χ0) is 8.43. The highest BCUT2D eigenvalue weighted by atomic mass is 16.5. The maximum absolute atomic E-state index is 10.3. The number of rotatable bonds is 3. The van der Waals surface area contributed by atoms with Crippen molar-refractivity contribution < 1.29 is 19.7 Å². The molecule has 4 heteroatoms. The second-order valence-electron chi connectivity index (χ2n) is 2.86. The molecule has 0 aromatic carbocycles. The Morgan fingerprint density at radius 1 is 1.64 bits per heavy atom. The van der Waals surface area contributed by atoms with Gasteiger partial charge in [0.1, 0.15) is 0 Å². The minimum Gasteiger partial charge on any atom is -0.479 e. The van der Waals surface area contributed by atoms with E-state index >= 15 is 0 Å². The molecule has 0 aromatic heterocycles. The Bertz CT molecular complexity index is 151. The fraction of sp³-hybridized carbons (Fsp3) is 0.857. The van der Waals surface area contributed by atoms with E-state index in [1.54, 1.807) is 0 Å². The van der Waals surface area contributed by atoms with E-state index in [2.05, 4.69) is 0 Å². The molecule has 1 aliphatic carbocycles. The summed E-state index contributed by atoms with van der Waals surface area (Å²) < 4.78 is 5.06. The van der Waals surface area contributed by atoms with Crippen molar-refractivity contribution in [2.24, 2.45) is 0 Å². The van der Waals surface area contributed by atoms with Crippen LogP contribution in [0.25, 0.3) is 0 Å². The van der Waals surface area contributed by atoms with Crippen LogP contribution < -0.4 is 0 Å². The molecule has 1 fully saturated rings. The number of carboxylic acids is 1. The number of aliphatic carboxylic acids is 1. The zero-order valence-electron chi connectivity index (χ0n) is 6.36. The summed E-state index contributed by atoms with van der Waals surface area (Å²) in [5.41, 5.74) is 0. The molecule has 64 valence electrons. The number of aliphatic hydroxyl groups is 1. The van der Waals surface area contributed by atoms with Gasteiger partial charge in [0.15, 0.2) is 6.10 Å². The molecule has 1 atom stereocenters. The third-order valence-corrected chi connectivity index (χ3v) is 1.81. The maximum atomic E-state index is 10.3. The van der Waals surface area contributed by atoms with Gasteiger partial charge in [-0.25, -0.2) is 4.79 Å². The molecule has 0 bridgehead atoms. The molecule has 11 heavy (non-hydrogen) atoms. The molecule has 0 aromatic rings. The van der Waals surface area contributed by atoms with Crippen molar-refractivity contribution in [1.29, 1.82) is 0 Å². The molecule has 0 amide bonds. The second kappa shape index (κ2) is 3.19. The highest BCUT2D eigenvalue weighted by Crippen LogP contribution is 2.23. The molecule has 0 aliphatic heterocycles. The predicted octanol–water partition coefficient (Wildman–Crippen LogP) is -0.000600. The Labute approximate surface area is 64.8 Å². The van der Waals surface area contributed by atoms with Gasteiger partial charge < -0.3 is 14.9 Å². The normalized spacial score (nSPS) is 32.5. The van der Waals surface area contributed by atoms with Crippen LogP contribution in [0.5, 0.6) is 0 Å². The van der Waals surface area contributed by atoms with Crippen LogP contribution in [0.15, 0.2) is 0 Å². The van der Waals surface area contributed by atoms with Crippen molar-refractivity contribution in [3.05, 3.63) is 0 Å². The van der Waals surface area contributed by atoms with Crippen molar-refractivity contribution in [2.75, 3.05) is 0 Å². The van der Waals surface area contributed by atoms with Gasteiger partial charge >= 0.3 is 5.97 Å². The number of carboxylic acid groups (broad SMARTS) is 1. The van der Waals surface area contributed by atoms with E-state index in [0.717, 1.165) is 0 Å². The number of hydrogen-bond donors (Lipinski definition) is 2. The Kier molecular flexibility index (Phi) is 2.46. The summed E-state index contributed by atoms with van der Waals surface area (Å²) in [6, 6.07) is 0. The Morgan fingerprint density at radius 2 is 2.18 bits per heavy atom. The van der Waals surface area contributed by atoms with E-state index < -0.39 is 12.1 Å². The summed E-state index contributed by atoms with van der Waals surface area (Å²) in [5.74, 6) is -0.952. The van der Waals surface area contributed by atoms with Gasteiger partial charge in [0.05, 0.1) is 12.2 Å². The van der Waals surface area contributed by atoms with Crippen LogP contribution in [-0.2, 0) is 9.53 Å². The molecule has 0 saturated heterocycles. The Balaban J connectivity index is 2.16. The van der Waals surface area contributed by atoms with Crippen molar-refractivity contribution in [1.82, 2.24) is 0 Å². The van der Waals surface area contributed by atoms with Gasteiger partial charge in [-0.2, -0.15) is 0 Å². The topological polar surface area (TPSA) is 66.8 Å². The summed E-state index contributed by atoms with van der Waals surface area (Å²) in [6.45, 7) is 1.49. The fourth-order valence-corrected chi connectivity index (χ4v) is 0.996. The van der Waals surface area contributed by atoms with Crippen LogP contribution in [-0.4, -0.2) is 34.5 Å². The van der Waals surface area contributed by atoms with Gasteiger partial charge in [-0.15, -0.1) is 0 Å². The Hall–Kier alpha value is -0.610. The molecular formula is C7H12O4. The highest BCUT2D eigenvalue weighted by molar-refractivity contribution is 5.71. The summed E-state index contributed by atoms with van der Waals surface area (Å²) >= 11 is 0. The summed E-state index contributed by atoms with van der Waals surface area (Å²) in [7, 11) is 0. The minimum atomic E-state index is -0.952. The molecule has 1 rings (SSSR count). The lowest BCUT2D eigenvalue weighted by Crippen LogP contribution is -2.39. The van der Waals surface area contributed by atoms with Crippen molar-refractivity contribution in [2.45, 2.75) is 38.1 Å². The summed E-state index contributed by atoms with van der Waals surface area (Å²) in [4.78, 5) is 10.3. The first kappa shape index (κ1) is 8.49. The standard InChI is InChI=1S/C7H12O4/c1-4(7(9)10)11-6-2-5(8)3-6/h4-6,8H,2-3H2,1H3,(H,9,10)/t4?,5-,6-. The fourth-order valence-electron chi connectivity index (χ4n) is 0.996. The van der Waals surface area contributed by atoms with Crippen molar-refractivity contribution in [3.63, 3.8) is 0 Å². The van der Waals surface area contributed by atoms with E-state index in [1.807, 2.05) is 0 Å². The van der Waals surface area contributed by atoms with Crippen molar-refractivity contribution in [3.8, 4) is 0 Å². The molecule has 1 saturated carbocycles. The molecule has 1 unspecified atom stereocenters. The largest absolute Gasteiger partial charge is 0.479 e. The van der Waals surface area contributed by atoms with Gasteiger partial charge in [0.25, 0.3) is 0 Å². The molecule has 4 nitrogen and oxygen atoms in total. The second-order valence-corrected chi connectivity index (χ2v) is 2.86. The first-order valence-corrected chi connectivity index (χ1v) is 3.66. The maximum Gasteiger partial charge on any atom is 0.332 e. The first-order chi connectivity index (χ1) is 5.09. The number of ether oxygens (including phenoxy) is 1. The lowest BCUT2D eigenvalue weighted by atomic mass is 9.92. The van der Waals surface area contributed by atoms with Crippen molar-refractivity contribution >= 4 is 5.97 Å². The molecule has 0 radical (unpaired) electrons. The molecule has 0 heterocycles. The van der Waals surface area contributed by atoms with E-state index in [9.17, 15) is 4.79 Å². The van der Waals surface area contributed by atoms with E-state index in [-0.39, 0.29) is 12.2 Å². The van der Waals surface area contributed by atoms with Gasteiger partial charge in [-0.1, -0.05) is 0 Å². The average molecular weight is 160 g/mol. The lowest BCUT2D eigenvalue weighted by molar-refractivity contribution is -0.161. The van der Waals surface area contributed by atoms with E-state index in [0.29, 0.717) is 12.8 Å². The Morgan fingerprint density at radius 3 is 2.55 bits per heavy atom. The van der Waals surface area contributed by atoms with E-state index in [4.69, 9.17) is 14.9 Å². The molecule has 2 N–H and O–H groups in total. The highest BCUT2D eigenvalue weighted by Gasteiger charge is 2.30. The lowest BCUT2D eigenvalue weighted by Gasteiger charge is -2.32. The van der Waals surface area contributed by atoms with Crippen LogP contribution >= 0.6 is 0 Å². The van der Waals surface area contributed by atoms with E-state index in [1.165, 1.54) is 6.92 Å². The van der Waals surface area contributed by atoms with Crippen LogP contribution in [0.4, 0.5) is 0 Å². The molecular weight excluding hydrogens is 148 g/mol. The van der Waals surface area contributed by atoms with Crippen LogP contribution in [0.1, 0.15) is 19.8 Å². The quantitative estimate of drug-likeness (QED) is 0.609. The van der Waals surface area contributed by atoms with Gasteiger partial charge in [-0.05, 0) is 19.8 Å². The summed E-state index contributed by atoms with van der Waals surface area (Å²) in [6.07, 6.45) is 0.0273. The number of aliphatic hydroxyl groups excluding tert-OH is 1. The van der Waals surface area contributed by atoms with Crippen LogP contribution in [0, 0.1) is 0 Å². The SMILES string of the molecule is CC(O[C@H]1C[C@H](O)C1)C(=O)O. The number of carbonyl (C=O) groups is 1. The van der Waals surface area contributed by atoms with Crippen LogP contribution in [0.3, 0.4) is 0 Å². The summed E-state index contributed by atoms with van der Waals surface area (Å²) in [5, 5.41) is 17.3. The minimum absolute atomic E-state index is 0.0592. The predicted molar refractivity (Wildman–Crippen MR) is 37.2 cm³/mol. The monoisotopic (exact) mass is 160 g/mol. The molecule has 1 aliphatic rings. The third kappa shape index (κ3) is 2.17. The van der Waals surface area contributed by atoms with Gasteiger partial charge in [0.2, 0.25) is 0 Å². The zero-order valence-corrected chi connectivity index (χ0v) is 6.36. The van der Waals surface area contributed by atoms with Gasteiger partial charge in [-0.3, -0.25) is 0 Å². The number of hydrogen-bond acceptors (Lipinski definition) is 3. The third-order valence-electron chi connectivity index (χ3n) is 1.81. The van der Waals surface area contributed by atoms with Gasteiger partial charge in [0, 0.05) is 0 Å².